The van der Waals surface area contributed by atoms with Crippen LogP contribution in [-0.4, -0.2) is 6.54 Å². The Hall–Kier alpha value is -1.57. The molecule has 0 radical (unpaired) electrons. The summed E-state index contributed by atoms with van der Waals surface area (Å²) in [5, 5.41) is 4.72. The van der Waals surface area contributed by atoms with Gasteiger partial charge in [0.05, 0.1) is 6.54 Å². The molecule has 2 heterocycles. The lowest BCUT2D eigenvalue weighted by Gasteiger charge is -2.12. The zero-order chi connectivity index (χ0) is 8.67. The number of para-hydroxylation sites is 1. The molecule has 0 atom stereocenters. The molecule has 0 aliphatic carbocycles. The molecule has 1 aromatic carbocycles. The highest BCUT2D eigenvalue weighted by molar-refractivity contribution is 5.87. The van der Waals surface area contributed by atoms with Crippen molar-refractivity contribution in [3.05, 3.63) is 36.5 Å². The van der Waals surface area contributed by atoms with E-state index in [2.05, 4.69) is 46.4 Å². The standard InChI is InChI=1S/C11H11N2/c1-3-9-4-2-7-13-8-6-12-10(5-1)11(9)13/h1-5,7,12H,6,8H2/q+1. The predicted molar refractivity (Wildman–Crippen MR) is 52.6 cm³/mol. The van der Waals surface area contributed by atoms with Crippen molar-refractivity contribution in [2.75, 3.05) is 11.9 Å². The molecule has 0 unspecified atom stereocenters. The lowest BCUT2D eigenvalue weighted by molar-refractivity contribution is -0.669. The lowest BCUT2D eigenvalue weighted by Crippen LogP contribution is -2.41. The minimum atomic E-state index is 1.03. The molecule has 2 heteroatoms. The number of nitrogens with one attached hydrogen (secondary N) is 1. The van der Waals surface area contributed by atoms with E-state index in [0.29, 0.717) is 0 Å². The zero-order valence-electron chi connectivity index (χ0n) is 7.33. The summed E-state index contributed by atoms with van der Waals surface area (Å²) in [5.41, 5.74) is 2.58. The van der Waals surface area contributed by atoms with Gasteiger partial charge in [-0.3, -0.25) is 0 Å². The Morgan fingerprint density at radius 2 is 2.08 bits per heavy atom. The van der Waals surface area contributed by atoms with Crippen LogP contribution >= 0.6 is 0 Å². The summed E-state index contributed by atoms with van der Waals surface area (Å²) < 4.78 is 2.31. The Bertz CT molecular complexity index is 424. The van der Waals surface area contributed by atoms with E-state index in [-0.39, 0.29) is 0 Å². The second-order valence-electron chi connectivity index (χ2n) is 3.37. The molecule has 0 amide bonds. The number of anilines is 1. The first kappa shape index (κ1) is 6.89. The topological polar surface area (TPSA) is 15.9 Å². The van der Waals surface area contributed by atoms with Gasteiger partial charge in [-0.1, -0.05) is 6.07 Å². The van der Waals surface area contributed by atoms with Gasteiger partial charge in [0.1, 0.15) is 5.69 Å². The van der Waals surface area contributed by atoms with Gasteiger partial charge in [0.2, 0.25) is 5.52 Å². The maximum absolute atomic E-state index is 3.41. The summed E-state index contributed by atoms with van der Waals surface area (Å²) >= 11 is 0. The normalized spacial score (nSPS) is 14.2. The van der Waals surface area contributed by atoms with Crippen LogP contribution in [0, 0.1) is 0 Å². The SMILES string of the molecule is c1cc2c3c(c1)ccc[n+]3CCN2. The molecule has 0 spiro atoms. The molecule has 2 nitrogen and oxygen atoms in total. The van der Waals surface area contributed by atoms with Gasteiger partial charge in [0, 0.05) is 11.5 Å². The van der Waals surface area contributed by atoms with E-state index >= 15 is 0 Å². The third kappa shape index (κ3) is 0.917. The Morgan fingerprint density at radius 1 is 1.15 bits per heavy atom. The van der Waals surface area contributed by atoms with Crippen LogP contribution in [0.25, 0.3) is 10.9 Å². The fraction of sp³-hybridized carbons (Fsp3) is 0.182. The Kier molecular flexibility index (Phi) is 1.30. The smallest absolute Gasteiger partial charge is 0.235 e. The van der Waals surface area contributed by atoms with E-state index in [1.807, 2.05) is 0 Å². The molecule has 13 heavy (non-hydrogen) atoms. The number of aromatic nitrogens is 1. The maximum atomic E-state index is 3.41. The van der Waals surface area contributed by atoms with Gasteiger partial charge in [0.25, 0.3) is 0 Å². The van der Waals surface area contributed by atoms with Crippen LogP contribution in [0.5, 0.6) is 0 Å². The monoisotopic (exact) mass is 171 g/mol. The Labute approximate surface area is 76.8 Å². The van der Waals surface area contributed by atoms with Crippen molar-refractivity contribution in [3.63, 3.8) is 0 Å². The molecule has 2 aromatic rings. The molecule has 0 fully saturated rings. The number of pyridine rings is 1. The molecule has 0 saturated heterocycles. The van der Waals surface area contributed by atoms with E-state index in [0.717, 1.165) is 13.1 Å². The van der Waals surface area contributed by atoms with Crippen molar-refractivity contribution >= 4 is 16.6 Å². The van der Waals surface area contributed by atoms with Crippen molar-refractivity contribution in [2.45, 2.75) is 6.54 Å². The van der Waals surface area contributed by atoms with Crippen molar-refractivity contribution in [1.82, 2.24) is 0 Å². The molecule has 3 rings (SSSR count). The number of rotatable bonds is 0. The van der Waals surface area contributed by atoms with Crippen LogP contribution in [0.3, 0.4) is 0 Å². The number of nitrogens with zero attached hydrogens (tertiary/aromatic N) is 1. The minimum absolute atomic E-state index is 1.03. The Morgan fingerprint density at radius 3 is 3.08 bits per heavy atom. The summed E-state index contributed by atoms with van der Waals surface area (Å²) in [6.07, 6.45) is 2.15. The summed E-state index contributed by atoms with van der Waals surface area (Å²) in [5.74, 6) is 0. The molecular weight excluding hydrogens is 160 g/mol. The summed E-state index contributed by atoms with van der Waals surface area (Å²) in [6.45, 7) is 2.09. The minimum Gasteiger partial charge on any atom is -0.373 e. The number of benzene rings is 1. The highest BCUT2D eigenvalue weighted by atomic mass is 15.1. The van der Waals surface area contributed by atoms with Crippen molar-refractivity contribution in [2.24, 2.45) is 0 Å². The quantitative estimate of drug-likeness (QED) is 0.595. The average Bonchev–Trinajstić information content (AvgIpc) is 2.19. The third-order valence-corrected chi connectivity index (χ3v) is 2.56. The van der Waals surface area contributed by atoms with Crippen molar-refractivity contribution in [3.8, 4) is 0 Å². The highest BCUT2D eigenvalue weighted by Gasteiger charge is 2.16. The van der Waals surface area contributed by atoms with E-state index in [9.17, 15) is 0 Å². The van der Waals surface area contributed by atoms with Crippen LogP contribution in [0.15, 0.2) is 36.5 Å². The molecule has 1 aliphatic heterocycles. The fourth-order valence-electron chi connectivity index (χ4n) is 1.98. The highest BCUT2D eigenvalue weighted by Crippen LogP contribution is 2.20. The summed E-state index contributed by atoms with van der Waals surface area (Å²) in [4.78, 5) is 0. The van der Waals surface area contributed by atoms with Gasteiger partial charge in [-0.2, -0.15) is 4.57 Å². The fourth-order valence-corrected chi connectivity index (χ4v) is 1.98. The third-order valence-electron chi connectivity index (χ3n) is 2.56. The lowest BCUT2D eigenvalue weighted by atomic mass is 10.1. The van der Waals surface area contributed by atoms with Crippen LogP contribution < -0.4 is 9.88 Å². The molecule has 1 aromatic heterocycles. The van der Waals surface area contributed by atoms with Crippen molar-refractivity contribution < 1.29 is 4.57 Å². The van der Waals surface area contributed by atoms with Gasteiger partial charge in [-0.15, -0.1) is 0 Å². The van der Waals surface area contributed by atoms with E-state index < -0.39 is 0 Å². The van der Waals surface area contributed by atoms with Gasteiger partial charge >= 0.3 is 0 Å². The van der Waals surface area contributed by atoms with Crippen LogP contribution in [0.2, 0.25) is 0 Å². The maximum Gasteiger partial charge on any atom is 0.235 e. The van der Waals surface area contributed by atoms with E-state index in [4.69, 9.17) is 0 Å². The molecule has 64 valence electrons. The van der Waals surface area contributed by atoms with Crippen molar-refractivity contribution in [1.29, 1.82) is 0 Å². The zero-order valence-corrected chi connectivity index (χ0v) is 7.33. The molecule has 1 N–H and O–H groups in total. The predicted octanol–water partition coefficient (Wildman–Crippen LogP) is 1.55. The molecule has 0 bridgehead atoms. The molecule has 0 saturated carbocycles. The van der Waals surface area contributed by atoms with E-state index in [1.54, 1.807) is 0 Å². The van der Waals surface area contributed by atoms with Gasteiger partial charge < -0.3 is 5.32 Å². The van der Waals surface area contributed by atoms with E-state index in [1.165, 1.54) is 16.6 Å². The van der Waals surface area contributed by atoms with Gasteiger partial charge in [-0.05, 0) is 18.2 Å². The van der Waals surface area contributed by atoms with Crippen LogP contribution in [0.1, 0.15) is 0 Å². The summed E-state index contributed by atoms with van der Waals surface area (Å²) in [7, 11) is 0. The summed E-state index contributed by atoms with van der Waals surface area (Å²) in [6, 6.07) is 10.7. The second-order valence-corrected chi connectivity index (χ2v) is 3.37. The first-order valence-electron chi connectivity index (χ1n) is 4.60. The number of hydrogen-bond donors (Lipinski definition) is 1. The molecule has 1 aliphatic rings. The van der Waals surface area contributed by atoms with Gasteiger partial charge in [-0.25, -0.2) is 0 Å². The number of hydrogen-bond acceptors (Lipinski definition) is 1. The van der Waals surface area contributed by atoms with Gasteiger partial charge in [0.15, 0.2) is 12.7 Å². The first-order valence-corrected chi connectivity index (χ1v) is 4.60. The second kappa shape index (κ2) is 2.46. The first-order chi connectivity index (χ1) is 6.45. The average molecular weight is 171 g/mol. The Balaban J connectivity index is 2.49. The van der Waals surface area contributed by atoms with Crippen LogP contribution in [-0.2, 0) is 6.54 Å². The van der Waals surface area contributed by atoms with Crippen LogP contribution in [0.4, 0.5) is 5.69 Å². The molecular formula is C11H11N2+. The largest absolute Gasteiger partial charge is 0.373 e.